The predicted octanol–water partition coefficient (Wildman–Crippen LogP) is 3.91. The van der Waals surface area contributed by atoms with Gasteiger partial charge < -0.3 is 9.32 Å². The topological polar surface area (TPSA) is 89.2 Å². The summed E-state index contributed by atoms with van der Waals surface area (Å²) in [6, 6.07) is 7.15. The third-order valence-electron chi connectivity index (χ3n) is 4.41. The number of anilines is 1. The lowest BCUT2D eigenvalue weighted by Gasteiger charge is -2.15. The van der Waals surface area contributed by atoms with Gasteiger partial charge >= 0.3 is 0 Å². The molecule has 7 nitrogen and oxygen atoms in total. The number of Topliss-reactive ketones (excluding diaryl/α,β-unsaturated/α-hetero) is 1. The van der Waals surface area contributed by atoms with E-state index in [-0.39, 0.29) is 17.4 Å². The highest BCUT2D eigenvalue weighted by molar-refractivity contribution is 7.99. The fourth-order valence-corrected chi connectivity index (χ4v) is 4.55. The third kappa shape index (κ3) is 3.85. The van der Waals surface area contributed by atoms with E-state index in [4.69, 9.17) is 4.42 Å². The number of rotatable bonds is 6. The zero-order valence-corrected chi connectivity index (χ0v) is 17.1. The molecule has 2 aromatic heterocycles. The van der Waals surface area contributed by atoms with Crippen molar-refractivity contribution in [2.75, 3.05) is 17.2 Å². The first-order chi connectivity index (χ1) is 13.5. The van der Waals surface area contributed by atoms with Crippen molar-refractivity contribution < 1.29 is 14.0 Å². The van der Waals surface area contributed by atoms with E-state index >= 15 is 0 Å². The minimum Gasteiger partial charge on any atom is -0.410 e. The normalized spacial score (nSPS) is 14.1. The highest BCUT2D eigenvalue weighted by Crippen LogP contribution is 2.30. The van der Waals surface area contributed by atoms with E-state index in [0.717, 1.165) is 34.2 Å². The van der Waals surface area contributed by atoms with Crippen LogP contribution in [0.2, 0.25) is 0 Å². The number of carbonyl (C=O) groups excluding carboxylic acids is 2. The molecular weight excluding hydrogens is 396 g/mol. The van der Waals surface area contributed by atoms with Gasteiger partial charge in [-0.3, -0.25) is 9.59 Å². The molecule has 1 fully saturated rings. The number of carbonyl (C=O) groups is 2. The van der Waals surface area contributed by atoms with Crippen molar-refractivity contribution in [2.45, 2.75) is 31.9 Å². The first kappa shape index (κ1) is 18.8. The van der Waals surface area contributed by atoms with Gasteiger partial charge in [-0.05, 0) is 44.5 Å². The summed E-state index contributed by atoms with van der Waals surface area (Å²) in [6.07, 6.45) is 1.47. The number of hydrogen-bond acceptors (Lipinski definition) is 8. The first-order valence-electron chi connectivity index (χ1n) is 8.85. The van der Waals surface area contributed by atoms with Gasteiger partial charge in [0.15, 0.2) is 5.78 Å². The fraction of sp³-hybridized carbons (Fsp3) is 0.316. The van der Waals surface area contributed by atoms with Gasteiger partial charge in [-0.2, -0.15) is 0 Å². The van der Waals surface area contributed by atoms with Crippen molar-refractivity contribution in [3.8, 4) is 10.8 Å². The van der Waals surface area contributed by atoms with Crippen molar-refractivity contribution in [3.63, 3.8) is 0 Å². The maximum atomic E-state index is 12.4. The van der Waals surface area contributed by atoms with E-state index in [9.17, 15) is 9.59 Å². The van der Waals surface area contributed by atoms with Gasteiger partial charge in [0, 0.05) is 24.2 Å². The van der Waals surface area contributed by atoms with Crippen LogP contribution in [0.1, 0.15) is 33.9 Å². The molecule has 1 aliphatic heterocycles. The summed E-state index contributed by atoms with van der Waals surface area (Å²) in [5.74, 6) is 0.726. The summed E-state index contributed by atoms with van der Waals surface area (Å²) in [7, 11) is 0. The van der Waals surface area contributed by atoms with Crippen molar-refractivity contribution in [1.82, 2.24) is 15.2 Å². The number of benzene rings is 1. The molecule has 0 aliphatic carbocycles. The van der Waals surface area contributed by atoms with E-state index in [2.05, 4.69) is 15.2 Å². The molecule has 0 unspecified atom stereocenters. The zero-order valence-electron chi connectivity index (χ0n) is 15.5. The molecule has 1 amide bonds. The second-order valence-electron chi connectivity index (χ2n) is 6.43. The highest BCUT2D eigenvalue weighted by Gasteiger charge is 2.22. The summed E-state index contributed by atoms with van der Waals surface area (Å²) in [5, 5.41) is 9.36. The number of ketones is 1. The molecule has 3 heterocycles. The number of aryl methyl sites for hydroxylation is 2. The molecule has 28 heavy (non-hydrogen) atoms. The maximum absolute atomic E-state index is 12.4. The summed E-state index contributed by atoms with van der Waals surface area (Å²) in [4.78, 5) is 31.2. The monoisotopic (exact) mass is 414 g/mol. The van der Waals surface area contributed by atoms with E-state index in [1.165, 1.54) is 23.1 Å². The summed E-state index contributed by atoms with van der Waals surface area (Å²) >= 11 is 2.71. The number of hydrogen-bond donors (Lipinski definition) is 0. The average molecular weight is 415 g/mol. The summed E-state index contributed by atoms with van der Waals surface area (Å²) < 4.78 is 5.66. The number of amides is 1. The van der Waals surface area contributed by atoms with Crippen LogP contribution in [0.15, 0.2) is 33.9 Å². The van der Waals surface area contributed by atoms with Gasteiger partial charge in [0.1, 0.15) is 4.88 Å². The van der Waals surface area contributed by atoms with Gasteiger partial charge in [0.25, 0.3) is 11.1 Å². The van der Waals surface area contributed by atoms with Gasteiger partial charge in [-0.25, -0.2) is 4.98 Å². The van der Waals surface area contributed by atoms with E-state index in [1.54, 1.807) is 17.0 Å². The lowest BCUT2D eigenvalue weighted by Crippen LogP contribution is -2.23. The van der Waals surface area contributed by atoms with Crippen LogP contribution >= 0.6 is 23.1 Å². The minimum atomic E-state index is -0.0335. The summed E-state index contributed by atoms with van der Waals surface area (Å²) in [5.41, 5.74) is 2.29. The van der Waals surface area contributed by atoms with Gasteiger partial charge in [-0.1, -0.05) is 11.8 Å². The van der Waals surface area contributed by atoms with Crippen molar-refractivity contribution in [3.05, 3.63) is 40.5 Å². The molecule has 9 heteroatoms. The van der Waals surface area contributed by atoms with E-state index in [1.807, 2.05) is 26.0 Å². The Morgan fingerprint density at radius 3 is 2.68 bits per heavy atom. The predicted molar refractivity (Wildman–Crippen MR) is 108 cm³/mol. The van der Waals surface area contributed by atoms with Gasteiger partial charge in [0.05, 0.1) is 16.5 Å². The molecule has 4 rings (SSSR count). The Hall–Kier alpha value is -2.52. The van der Waals surface area contributed by atoms with Crippen LogP contribution in [-0.2, 0) is 4.79 Å². The quantitative estimate of drug-likeness (QED) is 0.446. The van der Waals surface area contributed by atoms with Crippen LogP contribution < -0.4 is 4.90 Å². The van der Waals surface area contributed by atoms with Crippen molar-refractivity contribution in [1.29, 1.82) is 0 Å². The van der Waals surface area contributed by atoms with E-state index in [0.29, 0.717) is 23.1 Å². The molecule has 1 saturated heterocycles. The zero-order chi connectivity index (χ0) is 19.7. The Kier molecular flexibility index (Phi) is 5.27. The second kappa shape index (κ2) is 7.84. The van der Waals surface area contributed by atoms with Crippen LogP contribution in [0.5, 0.6) is 0 Å². The molecule has 0 saturated carbocycles. The third-order valence-corrected chi connectivity index (χ3v) is 6.28. The lowest BCUT2D eigenvalue weighted by molar-refractivity contribution is -0.117. The summed E-state index contributed by atoms with van der Waals surface area (Å²) in [6.45, 7) is 4.57. The lowest BCUT2D eigenvalue weighted by atomic mass is 10.1. The van der Waals surface area contributed by atoms with Crippen LogP contribution in [0.25, 0.3) is 10.8 Å². The Balaban J connectivity index is 1.38. The first-order valence-corrected chi connectivity index (χ1v) is 10.7. The van der Waals surface area contributed by atoms with Crippen LogP contribution in [0.3, 0.4) is 0 Å². The van der Waals surface area contributed by atoms with Crippen LogP contribution in [0, 0.1) is 13.8 Å². The smallest absolute Gasteiger partial charge is 0.277 e. The molecule has 1 aliphatic rings. The van der Waals surface area contributed by atoms with Gasteiger partial charge in [-0.15, -0.1) is 21.5 Å². The molecule has 0 radical (unpaired) electrons. The van der Waals surface area contributed by atoms with Crippen LogP contribution in [-0.4, -0.2) is 39.2 Å². The van der Waals surface area contributed by atoms with Crippen molar-refractivity contribution >= 4 is 40.5 Å². The molecule has 3 aromatic rings. The SMILES string of the molecule is Cc1nc(C)c(-c2nnc(SCC(=O)c3ccc(N4CCCC4=O)cc3)o2)s1. The van der Waals surface area contributed by atoms with Crippen molar-refractivity contribution in [2.24, 2.45) is 0 Å². The Bertz CT molecular complexity index is 1030. The minimum absolute atomic E-state index is 0.0335. The van der Waals surface area contributed by atoms with Gasteiger partial charge in [0.2, 0.25) is 5.91 Å². The molecule has 0 N–H and O–H groups in total. The van der Waals surface area contributed by atoms with E-state index < -0.39 is 0 Å². The Morgan fingerprint density at radius 1 is 1.25 bits per heavy atom. The number of thioether (sulfide) groups is 1. The number of thiazole rings is 1. The molecular formula is C19H18N4O3S2. The number of aromatic nitrogens is 3. The maximum Gasteiger partial charge on any atom is 0.277 e. The van der Waals surface area contributed by atoms with Crippen LogP contribution in [0.4, 0.5) is 5.69 Å². The highest BCUT2D eigenvalue weighted by atomic mass is 32.2. The largest absolute Gasteiger partial charge is 0.410 e. The standard InChI is InChI=1S/C19H18N4O3S2/c1-11-17(28-12(2)20-11)18-21-22-19(26-18)27-10-15(24)13-5-7-14(8-6-13)23-9-3-4-16(23)25/h5-8H,3-4,9-10H2,1-2H3. The molecule has 0 bridgehead atoms. The molecule has 0 spiro atoms. The molecule has 0 atom stereocenters. The number of nitrogens with zero attached hydrogens (tertiary/aromatic N) is 4. The molecule has 144 valence electrons. The Morgan fingerprint density at radius 2 is 2.04 bits per heavy atom. The molecule has 1 aromatic carbocycles. The second-order valence-corrected chi connectivity index (χ2v) is 8.56. The fourth-order valence-electron chi connectivity index (χ4n) is 3.05. The average Bonchev–Trinajstić information content (AvgIpc) is 3.40. The Labute approximate surface area is 170 Å².